The highest BCUT2D eigenvalue weighted by Crippen LogP contribution is 2.22. The molecule has 0 bridgehead atoms. The molecule has 1 aliphatic rings. The van der Waals surface area contributed by atoms with Crippen molar-refractivity contribution in [1.29, 1.82) is 0 Å². The third-order valence-electron chi connectivity index (χ3n) is 3.87. The zero-order chi connectivity index (χ0) is 16.2. The number of anilines is 1. The molecule has 3 N–H and O–H groups in total. The summed E-state index contributed by atoms with van der Waals surface area (Å²) in [5.41, 5.74) is 3.48. The number of aryl methyl sites for hydroxylation is 2. The molecular formula is C17H19N3O3. The van der Waals surface area contributed by atoms with E-state index < -0.39 is 0 Å². The van der Waals surface area contributed by atoms with Crippen LogP contribution < -0.4 is 15.4 Å². The van der Waals surface area contributed by atoms with Crippen molar-refractivity contribution in [3.63, 3.8) is 0 Å². The molecule has 1 aromatic heterocycles. The first-order valence-corrected chi connectivity index (χ1v) is 7.58. The lowest BCUT2D eigenvalue weighted by molar-refractivity contribution is -0.115. The van der Waals surface area contributed by atoms with E-state index in [0.29, 0.717) is 17.1 Å². The quantitative estimate of drug-likeness (QED) is 0.788. The van der Waals surface area contributed by atoms with Crippen molar-refractivity contribution >= 4 is 17.5 Å². The van der Waals surface area contributed by atoms with Gasteiger partial charge >= 0.3 is 0 Å². The van der Waals surface area contributed by atoms with Crippen molar-refractivity contribution in [1.82, 2.24) is 10.3 Å². The molecule has 0 unspecified atom stereocenters. The Morgan fingerprint density at radius 3 is 2.91 bits per heavy atom. The van der Waals surface area contributed by atoms with E-state index in [1.807, 2.05) is 6.07 Å². The summed E-state index contributed by atoms with van der Waals surface area (Å²) in [5, 5.41) is 5.34. The van der Waals surface area contributed by atoms with Gasteiger partial charge in [-0.2, -0.15) is 0 Å². The molecule has 6 nitrogen and oxygen atoms in total. The molecule has 6 heteroatoms. The van der Waals surface area contributed by atoms with E-state index in [1.165, 1.54) is 5.56 Å². The van der Waals surface area contributed by atoms with Crippen LogP contribution >= 0.6 is 0 Å². The van der Waals surface area contributed by atoms with E-state index in [9.17, 15) is 9.59 Å². The Morgan fingerprint density at radius 1 is 1.26 bits per heavy atom. The molecule has 23 heavy (non-hydrogen) atoms. The summed E-state index contributed by atoms with van der Waals surface area (Å²) in [6, 6.07) is 8.93. The molecule has 2 amide bonds. The topological polar surface area (TPSA) is 83.2 Å². The third kappa shape index (κ3) is 3.53. The molecule has 1 aliphatic carbocycles. The second-order valence-corrected chi connectivity index (χ2v) is 5.50. The van der Waals surface area contributed by atoms with E-state index in [2.05, 4.69) is 15.6 Å². The molecule has 1 heterocycles. The normalized spacial score (nSPS) is 12.6. The Labute approximate surface area is 134 Å². The number of methoxy groups -OCH3 is 1. The number of hydrogen-bond acceptors (Lipinski definition) is 3. The first-order valence-electron chi connectivity index (χ1n) is 7.58. The van der Waals surface area contributed by atoms with Gasteiger partial charge in [0.25, 0.3) is 5.91 Å². The maximum absolute atomic E-state index is 12.1. The Bertz CT molecular complexity index is 715. The molecule has 0 spiro atoms. The largest absolute Gasteiger partial charge is 0.497 e. The monoisotopic (exact) mass is 313 g/mol. The molecule has 0 saturated heterocycles. The molecule has 0 saturated carbocycles. The zero-order valence-electron chi connectivity index (χ0n) is 12.9. The van der Waals surface area contributed by atoms with Gasteiger partial charge in [0.15, 0.2) is 0 Å². The number of carbonyl (C=O) groups is 2. The number of carbonyl (C=O) groups excluding carboxylic acids is 2. The van der Waals surface area contributed by atoms with E-state index >= 15 is 0 Å². The fourth-order valence-corrected chi connectivity index (χ4v) is 2.73. The molecule has 3 rings (SSSR count). The summed E-state index contributed by atoms with van der Waals surface area (Å²) in [7, 11) is 1.56. The second-order valence-electron chi connectivity index (χ2n) is 5.50. The van der Waals surface area contributed by atoms with E-state index in [-0.39, 0.29) is 18.4 Å². The van der Waals surface area contributed by atoms with Crippen LogP contribution in [0, 0.1) is 0 Å². The molecule has 120 valence electrons. The van der Waals surface area contributed by atoms with Gasteiger partial charge in [-0.25, -0.2) is 0 Å². The molecule has 0 radical (unpaired) electrons. The van der Waals surface area contributed by atoms with Crippen LogP contribution in [0.1, 0.15) is 28.2 Å². The lowest BCUT2D eigenvalue weighted by atomic mass is 10.2. The van der Waals surface area contributed by atoms with Crippen molar-refractivity contribution < 1.29 is 14.3 Å². The van der Waals surface area contributed by atoms with Crippen LogP contribution in [0.5, 0.6) is 5.75 Å². The number of fused-ring (bicyclic) bond motifs is 1. The van der Waals surface area contributed by atoms with Gasteiger partial charge in [-0.1, -0.05) is 6.07 Å². The minimum atomic E-state index is -0.286. The SMILES string of the molecule is COc1cccc(NC(=O)CNC(=O)c2cc3c([nH]2)CCC3)c1. The minimum Gasteiger partial charge on any atom is -0.497 e. The summed E-state index contributed by atoms with van der Waals surface area (Å²) >= 11 is 0. The molecule has 0 atom stereocenters. The van der Waals surface area contributed by atoms with Gasteiger partial charge in [0, 0.05) is 17.4 Å². The van der Waals surface area contributed by atoms with Gasteiger partial charge in [-0.15, -0.1) is 0 Å². The maximum Gasteiger partial charge on any atom is 0.268 e. The number of H-pyrrole nitrogens is 1. The molecule has 1 aromatic carbocycles. The summed E-state index contributed by atoms with van der Waals surface area (Å²) in [5.74, 6) is 0.110. The first kappa shape index (κ1) is 15.1. The van der Waals surface area contributed by atoms with E-state index in [0.717, 1.165) is 25.0 Å². The highest BCUT2D eigenvalue weighted by molar-refractivity contribution is 5.98. The van der Waals surface area contributed by atoms with E-state index in [1.54, 1.807) is 31.4 Å². The third-order valence-corrected chi connectivity index (χ3v) is 3.87. The Hall–Kier alpha value is -2.76. The summed E-state index contributed by atoms with van der Waals surface area (Å²) in [6.45, 7) is -0.0836. The average molecular weight is 313 g/mol. The van der Waals surface area contributed by atoms with Crippen molar-refractivity contribution in [2.75, 3.05) is 19.0 Å². The highest BCUT2D eigenvalue weighted by atomic mass is 16.5. The predicted octanol–water partition coefficient (Wildman–Crippen LogP) is 1.88. The van der Waals surface area contributed by atoms with Crippen LogP contribution in [-0.4, -0.2) is 30.5 Å². The number of aromatic amines is 1. The van der Waals surface area contributed by atoms with Gasteiger partial charge in [0.1, 0.15) is 11.4 Å². The Kier molecular flexibility index (Phi) is 4.32. The van der Waals surface area contributed by atoms with Crippen LogP contribution in [0.15, 0.2) is 30.3 Å². The number of aromatic nitrogens is 1. The van der Waals surface area contributed by atoms with Crippen LogP contribution in [0.2, 0.25) is 0 Å². The van der Waals surface area contributed by atoms with Crippen LogP contribution in [0.4, 0.5) is 5.69 Å². The van der Waals surface area contributed by atoms with Crippen LogP contribution in [-0.2, 0) is 17.6 Å². The maximum atomic E-state index is 12.1. The zero-order valence-corrected chi connectivity index (χ0v) is 12.9. The first-order chi connectivity index (χ1) is 11.2. The summed E-state index contributed by atoms with van der Waals surface area (Å²) in [6.07, 6.45) is 3.13. The van der Waals surface area contributed by atoms with Gasteiger partial charge in [-0.05, 0) is 43.0 Å². The Balaban J connectivity index is 1.52. The number of nitrogens with one attached hydrogen (secondary N) is 3. The van der Waals surface area contributed by atoms with Crippen molar-refractivity contribution in [3.8, 4) is 5.75 Å². The fourth-order valence-electron chi connectivity index (χ4n) is 2.73. The van der Waals surface area contributed by atoms with Gasteiger partial charge < -0.3 is 20.4 Å². The average Bonchev–Trinajstić information content (AvgIpc) is 3.14. The predicted molar refractivity (Wildman–Crippen MR) is 86.8 cm³/mol. The van der Waals surface area contributed by atoms with Crippen LogP contribution in [0.25, 0.3) is 0 Å². The summed E-state index contributed by atoms with van der Waals surface area (Å²) < 4.78 is 5.10. The molecule has 0 aliphatic heterocycles. The van der Waals surface area contributed by atoms with Gasteiger partial charge in [0.05, 0.1) is 13.7 Å². The van der Waals surface area contributed by atoms with E-state index in [4.69, 9.17) is 4.74 Å². The standard InChI is InChI=1S/C17H19N3O3/c1-23-13-6-3-5-12(9-13)19-16(21)10-18-17(22)15-8-11-4-2-7-14(11)20-15/h3,5-6,8-9,20H,2,4,7,10H2,1H3,(H,18,22)(H,19,21). The van der Waals surface area contributed by atoms with Gasteiger partial charge in [-0.3, -0.25) is 9.59 Å². The van der Waals surface area contributed by atoms with Gasteiger partial charge in [0.2, 0.25) is 5.91 Å². The highest BCUT2D eigenvalue weighted by Gasteiger charge is 2.17. The lowest BCUT2D eigenvalue weighted by Gasteiger charge is -2.07. The van der Waals surface area contributed by atoms with Crippen molar-refractivity contribution in [3.05, 3.63) is 47.3 Å². The van der Waals surface area contributed by atoms with Crippen molar-refractivity contribution in [2.24, 2.45) is 0 Å². The van der Waals surface area contributed by atoms with Crippen molar-refractivity contribution in [2.45, 2.75) is 19.3 Å². The number of ether oxygens (including phenoxy) is 1. The lowest BCUT2D eigenvalue weighted by Crippen LogP contribution is -2.33. The molecule has 2 aromatic rings. The Morgan fingerprint density at radius 2 is 2.13 bits per heavy atom. The smallest absolute Gasteiger partial charge is 0.268 e. The summed E-state index contributed by atoms with van der Waals surface area (Å²) in [4.78, 5) is 27.1. The number of rotatable bonds is 5. The second kappa shape index (κ2) is 6.56. The number of hydrogen-bond donors (Lipinski definition) is 3. The molecular weight excluding hydrogens is 294 g/mol. The molecule has 0 fully saturated rings. The minimum absolute atomic E-state index is 0.0836. The van der Waals surface area contributed by atoms with Crippen LogP contribution in [0.3, 0.4) is 0 Å². The number of amides is 2. The fraction of sp³-hybridized carbons (Fsp3) is 0.294. The number of benzene rings is 1.